The Morgan fingerprint density at radius 2 is 2.00 bits per heavy atom. The van der Waals surface area contributed by atoms with Crippen molar-refractivity contribution in [3.8, 4) is 0 Å². The molecule has 0 radical (unpaired) electrons. The monoisotopic (exact) mass is 370 g/mol. The molecular weight excluding hydrogens is 357 g/mol. The molecule has 1 aromatic rings. The summed E-state index contributed by atoms with van der Waals surface area (Å²) in [6, 6.07) is 0.948. The van der Waals surface area contributed by atoms with Crippen molar-refractivity contribution < 1.29 is 13.2 Å². The highest BCUT2D eigenvalue weighted by atomic mass is 79.9. The van der Waals surface area contributed by atoms with Gasteiger partial charge >= 0.3 is 6.18 Å². The standard InChI is InChI=1S/C13H15BrClF3N2/c1-8(14)9-2-4-20(5-3-9)12-11(15)6-10(7-19-12)13(16,17)18/h6-9H,2-5H2,1H3. The molecule has 1 fully saturated rings. The SMILES string of the molecule is CC(Br)C1CCN(c2ncc(C(F)(F)F)cc2Cl)CC1. The third kappa shape index (κ3) is 3.58. The average Bonchev–Trinajstić information content (AvgIpc) is 2.37. The summed E-state index contributed by atoms with van der Waals surface area (Å²) < 4.78 is 37.7. The molecule has 0 amide bonds. The van der Waals surface area contributed by atoms with E-state index in [-0.39, 0.29) is 5.02 Å². The highest BCUT2D eigenvalue weighted by molar-refractivity contribution is 9.09. The Labute approximate surface area is 129 Å². The molecule has 1 aliphatic rings. The zero-order chi connectivity index (χ0) is 14.9. The minimum atomic E-state index is -4.41. The summed E-state index contributed by atoms with van der Waals surface area (Å²) in [6.45, 7) is 3.64. The number of piperidine rings is 1. The predicted octanol–water partition coefficient (Wildman–Crippen LogP) is 4.75. The van der Waals surface area contributed by atoms with Crippen LogP contribution in [0.2, 0.25) is 5.02 Å². The van der Waals surface area contributed by atoms with E-state index < -0.39 is 11.7 Å². The van der Waals surface area contributed by atoms with E-state index in [9.17, 15) is 13.2 Å². The molecule has 0 aromatic carbocycles. The maximum Gasteiger partial charge on any atom is 0.417 e. The van der Waals surface area contributed by atoms with E-state index in [0.717, 1.165) is 38.2 Å². The molecule has 1 saturated heterocycles. The molecule has 0 saturated carbocycles. The molecule has 112 valence electrons. The summed E-state index contributed by atoms with van der Waals surface area (Å²) in [5.74, 6) is 1.03. The molecule has 20 heavy (non-hydrogen) atoms. The van der Waals surface area contributed by atoms with E-state index >= 15 is 0 Å². The first kappa shape index (κ1) is 15.9. The third-order valence-electron chi connectivity index (χ3n) is 3.64. The van der Waals surface area contributed by atoms with Gasteiger partial charge in [0.05, 0.1) is 10.6 Å². The Balaban J connectivity index is 2.11. The van der Waals surface area contributed by atoms with Crippen molar-refractivity contribution >= 4 is 33.3 Å². The molecule has 1 unspecified atom stereocenters. The molecule has 2 heterocycles. The van der Waals surface area contributed by atoms with E-state index in [0.29, 0.717) is 16.6 Å². The van der Waals surface area contributed by atoms with E-state index in [1.807, 2.05) is 4.90 Å². The zero-order valence-electron chi connectivity index (χ0n) is 10.9. The van der Waals surface area contributed by atoms with Gasteiger partial charge in [-0.2, -0.15) is 13.2 Å². The number of aromatic nitrogens is 1. The molecule has 2 rings (SSSR count). The number of hydrogen-bond donors (Lipinski definition) is 0. The first-order valence-electron chi connectivity index (χ1n) is 6.41. The van der Waals surface area contributed by atoms with Crippen molar-refractivity contribution in [2.75, 3.05) is 18.0 Å². The predicted molar refractivity (Wildman–Crippen MR) is 77.6 cm³/mol. The minimum Gasteiger partial charge on any atom is -0.355 e. The maximum atomic E-state index is 12.6. The second-order valence-electron chi connectivity index (χ2n) is 5.03. The molecule has 1 aromatic heterocycles. The van der Waals surface area contributed by atoms with Crippen LogP contribution in [-0.2, 0) is 6.18 Å². The Hall–Kier alpha value is -0.490. The summed E-state index contributed by atoms with van der Waals surface area (Å²) in [5, 5.41) is 0.0603. The molecule has 7 heteroatoms. The van der Waals surface area contributed by atoms with Gasteiger partial charge in [-0.3, -0.25) is 0 Å². The average molecular weight is 372 g/mol. The maximum absolute atomic E-state index is 12.6. The largest absolute Gasteiger partial charge is 0.417 e. The Bertz CT molecular complexity index is 471. The number of halogens is 5. The molecule has 1 aliphatic heterocycles. The zero-order valence-corrected chi connectivity index (χ0v) is 13.3. The van der Waals surface area contributed by atoms with Gasteiger partial charge in [-0.1, -0.05) is 34.5 Å². The van der Waals surface area contributed by atoms with Crippen LogP contribution in [0.4, 0.5) is 19.0 Å². The molecule has 0 bridgehead atoms. The molecule has 0 aliphatic carbocycles. The summed E-state index contributed by atoms with van der Waals surface area (Å²) in [6.07, 6.45) is -1.61. The first-order valence-corrected chi connectivity index (χ1v) is 7.70. The molecule has 0 N–H and O–H groups in total. The minimum absolute atomic E-state index is 0.0603. The normalized spacial score (nSPS) is 19.2. The lowest BCUT2D eigenvalue weighted by atomic mass is 9.94. The van der Waals surface area contributed by atoms with Gasteiger partial charge in [0.2, 0.25) is 0 Å². The van der Waals surface area contributed by atoms with Crippen LogP contribution < -0.4 is 4.90 Å². The van der Waals surface area contributed by atoms with Gasteiger partial charge in [-0.15, -0.1) is 0 Å². The van der Waals surface area contributed by atoms with Crippen LogP contribution in [0.5, 0.6) is 0 Å². The topological polar surface area (TPSA) is 16.1 Å². The highest BCUT2D eigenvalue weighted by Crippen LogP contribution is 2.35. The molecule has 1 atom stereocenters. The third-order valence-corrected chi connectivity index (χ3v) is 4.66. The van der Waals surface area contributed by atoms with Crippen molar-refractivity contribution in [1.29, 1.82) is 0 Å². The Kier molecular flexibility index (Phi) is 4.84. The molecule has 0 spiro atoms. The van der Waals surface area contributed by atoms with E-state index in [1.54, 1.807) is 0 Å². The van der Waals surface area contributed by atoms with Crippen LogP contribution in [0, 0.1) is 5.92 Å². The lowest BCUT2D eigenvalue weighted by molar-refractivity contribution is -0.137. The fraction of sp³-hybridized carbons (Fsp3) is 0.615. The van der Waals surface area contributed by atoms with Crippen LogP contribution in [-0.4, -0.2) is 22.9 Å². The quantitative estimate of drug-likeness (QED) is 0.697. The highest BCUT2D eigenvalue weighted by Gasteiger charge is 2.32. The van der Waals surface area contributed by atoms with Crippen LogP contribution in [0.25, 0.3) is 0 Å². The second kappa shape index (κ2) is 6.10. The number of anilines is 1. The van der Waals surface area contributed by atoms with Crippen LogP contribution in [0.3, 0.4) is 0 Å². The number of pyridine rings is 1. The van der Waals surface area contributed by atoms with Gasteiger partial charge in [0.15, 0.2) is 0 Å². The number of hydrogen-bond acceptors (Lipinski definition) is 2. The van der Waals surface area contributed by atoms with Gasteiger partial charge in [-0.05, 0) is 24.8 Å². The lowest BCUT2D eigenvalue weighted by Gasteiger charge is -2.34. The first-order chi connectivity index (χ1) is 9.29. The van der Waals surface area contributed by atoms with Gasteiger partial charge < -0.3 is 4.90 Å². The fourth-order valence-electron chi connectivity index (χ4n) is 2.39. The van der Waals surface area contributed by atoms with Gasteiger partial charge in [0, 0.05) is 24.1 Å². The molecular formula is C13H15BrClF3N2. The van der Waals surface area contributed by atoms with Crippen molar-refractivity contribution in [3.05, 3.63) is 22.8 Å². The fourth-order valence-corrected chi connectivity index (χ4v) is 3.20. The van der Waals surface area contributed by atoms with Crippen LogP contribution >= 0.6 is 27.5 Å². The summed E-state index contributed by atoms with van der Waals surface area (Å²) in [7, 11) is 0. The van der Waals surface area contributed by atoms with Crippen LogP contribution in [0.1, 0.15) is 25.3 Å². The van der Waals surface area contributed by atoms with E-state index in [2.05, 4.69) is 27.8 Å². The summed E-state index contributed by atoms with van der Waals surface area (Å²) >= 11 is 9.53. The van der Waals surface area contributed by atoms with Gasteiger partial charge in [0.1, 0.15) is 5.82 Å². The number of rotatable bonds is 2. The number of nitrogens with zero attached hydrogens (tertiary/aromatic N) is 2. The van der Waals surface area contributed by atoms with Crippen LogP contribution in [0.15, 0.2) is 12.3 Å². The van der Waals surface area contributed by atoms with Crippen molar-refractivity contribution in [3.63, 3.8) is 0 Å². The summed E-state index contributed by atoms with van der Waals surface area (Å²) in [5.41, 5.74) is -0.810. The Morgan fingerprint density at radius 3 is 2.45 bits per heavy atom. The van der Waals surface area contributed by atoms with Crippen molar-refractivity contribution in [1.82, 2.24) is 4.98 Å². The van der Waals surface area contributed by atoms with Crippen molar-refractivity contribution in [2.45, 2.75) is 30.8 Å². The van der Waals surface area contributed by atoms with E-state index in [1.165, 1.54) is 0 Å². The van der Waals surface area contributed by atoms with Gasteiger partial charge in [0.25, 0.3) is 0 Å². The van der Waals surface area contributed by atoms with E-state index in [4.69, 9.17) is 11.6 Å². The number of alkyl halides is 4. The second-order valence-corrected chi connectivity index (χ2v) is 6.88. The van der Waals surface area contributed by atoms with Gasteiger partial charge in [-0.25, -0.2) is 4.98 Å². The molecule has 2 nitrogen and oxygen atoms in total. The lowest BCUT2D eigenvalue weighted by Crippen LogP contribution is -2.36. The smallest absolute Gasteiger partial charge is 0.355 e. The van der Waals surface area contributed by atoms with Crippen molar-refractivity contribution in [2.24, 2.45) is 5.92 Å². The summed E-state index contributed by atoms with van der Waals surface area (Å²) in [4.78, 5) is 6.30. The Morgan fingerprint density at radius 1 is 1.40 bits per heavy atom.